The van der Waals surface area contributed by atoms with Gasteiger partial charge in [0.1, 0.15) is 17.2 Å². The molecule has 0 aliphatic heterocycles. The molecule has 13 rings (SSSR count). The van der Waals surface area contributed by atoms with Gasteiger partial charge in [-0.2, -0.15) is 0 Å². The summed E-state index contributed by atoms with van der Waals surface area (Å²) >= 11 is 0. The second-order valence-electron chi connectivity index (χ2n) is 24.2. The third-order valence-electron chi connectivity index (χ3n) is 17.4. The number of allylic oxidation sites excluding steroid dienone is 3. The maximum Gasteiger partial charge on any atom is 0.160 e. The van der Waals surface area contributed by atoms with Gasteiger partial charge in [0, 0.05) is 55.9 Å². The molecule has 2 aliphatic carbocycles. The highest BCUT2D eigenvalue weighted by Crippen LogP contribution is 2.66. The van der Waals surface area contributed by atoms with Crippen LogP contribution in [0.2, 0.25) is 0 Å². The van der Waals surface area contributed by atoms with Gasteiger partial charge in [-0.1, -0.05) is 181 Å². The number of fused-ring (bicyclic) bond motifs is 14. The van der Waals surface area contributed by atoms with Crippen molar-refractivity contribution in [2.24, 2.45) is 5.41 Å². The van der Waals surface area contributed by atoms with Crippen molar-refractivity contribution in [1.29, 1.82) is 0 Å². The van der Waals surface area contributed by atoms with Crippen LogP contribution in [0.3, 0.4) is 0 Å². The van der Waals surface area contributed by atoms with E-state index in [1.165, 1.54) is 11.1 Å². The standard InChI is InChI=1S/C78H66F2N2O/c1-9-11-13-22-50(3)59-42-39-57(46-69(59)79)81(54-35-31-51(32-36-54)49-76(4,5)6)56-41-44-63-67(45-56)78(65-28-19-16-25-61(65)62-26-17-20-29-66(62)78)68-48-71(75-74(73(63)68)64-27-18-21-30-72(64)83-75)82(55-37-33-53(34-38-55)77(7,8)10-2)58-40-43-60(70(80)47-58)52-23-14-12-15-24-52/h9,11-21,23-48H,10,49H2,1-8H3/b11-9-. The first-order chi connectivity index (χ1) is 40.2. The van der Waals surface area contributed by atoms with E-state index in [9.17, 15) is 0 Å². The van der Waals surface area contributed by atoms with Crippen LogP contribution >= 0.6 is 0 Å². The molecule has 0 radical (unpaired) electrons. The van der Waals surface area contributed by atoms with E-state index >= 15 is 8.78 Å². The van der Waals surface area contributed by atoms with E-state index < -0.39 is 5.41 Å². The lowest BCUT2D eigenvalue weighted by atomic mass is 9.70. The van der Waals surface area contributed by atoms with E-state index in [2.05, 4.69) is 191 Å². The van der Waals surface area contributed by atoms with Crippen LogP contribution in [-0.4, -0.2) is 0 Å². The molecule has 11 aromatic rings. The lowest BCUT2D eigenvalue weighted by molar-refractivity contribution is 0.411. The molecule has 2 aliphatic rings. The van der Waals surface area contributed by atoms with Gasteiger partial charge >= 0.3 is 0 Å². The molecule has 1 heterocycles. The fourth-order valence-electron chi connectivity index (χ4n) is 13.1. The highest BCUT2D eigenvalue weighted by molar-refractivity contribution is 6.20. The molecule has 0 saturated carbocycles. The molecule has 0 N–H and O–H groups in total. The smallest absolute Gasteiger partial charge is 0.160 e. The summed E-state index contributed by atoms with van der Waals surface area (Å²) in [7, 11) is 0. The fourth-order valence-corrected chi connectivity index (χ4v) is 13.1. The second-order valence-corrected chi connectivity index (χ2v) is 24.2. The Morgan fingerprint density at radius 2 is 1.13 bits per heavy atom. The van der Waals surface area contributed by atoms with Crippen LogP contribution in [0, 0.1) is 17.0 Å². The molecule has 0 saturated heterocycles. The topological polar surface area (TPSA) is 19.6 Å². The third kappa shape index (κ3) is 8.94. The van der Waals surface area contributed by atoms with E-state index in [-0.39, 0.29) is 22.5 Å². The summed E-state index contributed by atoms with van der Waals surface area (Å²) in [6.45, 7) is 17.4. The first-order valence-corrected chi connectivity index (χ1v) is 29.0. The molecule has 0 bridgehead atoms. The number of rotatable bonds is 12. The minimum atomic E-state index is -0.864. The number of furan rings is 1. The Labute approximate surface area is 486 Å². The second kappa shape index (κ2) is 20.6. The predicted molar refractivity (Wildman–Crippen MR) is 343 cm³/mol. The van der Waals surface area contributed by atoms with E-state index in [1.807, 2.05) is 98.8 Å². The van der Waals surface area contributed by atoms with Gasteiger partial charge in [0.15, 0.2) is 5.58 Å². The molecule has 0 fully saturated rings. The van der Waals surface area contributed by atoms with Gasteiger partial charge in [-0.25, -0.2) is 8.78 Å². The molecule has 1 aromatic heterocycles. The average molecular weight is 1090 g/mol. The number of anilines is 6. The Morgan fingerprint density at radius 3 is 1.80 bits per heavy atom. The van der Waals surface area contributed by atoms with Gasteiger partial charge in [-0.3, -0.25) is 0 Å². The quantitative estimate of drug-likeness (QED) is 0.0898. The molecule has 1 spiro atoms. The number of para-hydroxylation sites is 1. The number of hydrogen-bond donors (Lipinski definition) is 0. The zero-order valence-electron chi connectivity index (χ0n) is 48.4. The Bertz CT molecular complexity index is 4390. The van der Waals surface area contributed by atoms with Crippen molar-refractivity contribution < 1.29 is 13.2 Å². The summed E-state index contributed by atoms with van der Waals surface area (Å²) in [6, 6.07) is 73.6. The Hall–Kier alpha value is -9.28. The third-order valence-corrected chi connectivity index (χ3v) is 17.4. The van der Waals surface area contributed by atoms with Crippen molar-refractivity contribution in [2.45, 2.75) is 79.1 Å². The van der Waals surface area contributed by atoms with Crippen molar-refractivity contribution in [1.82, 2.24) is 0 Å². The van der Waals surface area contributed by atoms with Crippen molar-refractivity contribution in [3.8, 4) is 33.4 Å². The summed E-state index contributed by atoms with van der Waals surface area (Å²) in [4.78, 5) is 4.39. The first kappa shape index (κ1) is 53.1. The Kier molecular flexibility index (Phi) is 13.2. The summed E-state index contributed by atoms with van der Waals surface area (Å²) in [5.74, 6) is -0.653. The molecular formula is C78H66F2N2O. The van der Waals surface area contributed by atoms with Crippen molar-refractivity contribution >= 4 is 61.6 Å². The van der Waals surface area contributed by atoms with Gasteiger partial charge in [0.25, 0.3) is 0 Å². The zero-order chi connectivity index (χ0) is 57.4. The minimum Gasteiger partial charge on any atom is -0.454 e. The normalized spacial score (nSPS) is 13.0. The maximum atomic E-state index is 17.1. The van der Waals surface area contributed by atoms with Crippen LogP contribution in [0.5, 0.6) is 0 Å². The lowest BCUT2D eigenvalue weighted by Crippen LogP contribution is -2.26. The highest BCUT2D eigenvalue weighted by Gasteiger charge is 2.53. The van der Waals surface area contributed by atoms with Crippen molar-refractivity contribution in [3.63, 3.8) is 0 Å². The van der Waals surface area contributed by atoms with E-state index in [0.717, 1.165) is 102 Å². The van der Waals surface area contributed by atoms with Crippen LogP contribution in [0.25, 0.3) is 60.9 Å². The molecule has 0 amide bonds. The summed E-state index contributed by atoms with van der Waals surface area (Å²) < 4.78 is 41.2. The fraction of sp³-hybridized carbons (Fsp3) is 0.167. The van der Waals surface area contributed by atoms with Crippen LogP contribution in [0.1, 0.15) is 101 Å². The maximum absolute atomic E-state index is 17.1. The summed E-state index contributed by atoms with van der Waals surface area (Å²) in [5.41, 5.74) is 22.6. The molecule has 0 unspecified atom stereocenters. The van der Waals surface area contributed by atoms with Crippen LogP contribution in [0.15, 0.2) is 241 Å². The lowest BCUT2D eigenvalue weighted by Gasteiger charge is -2.33. The minimum absolute atomic E-state index is 0.0601. The Morgan fingerprint density at radius 1 is 0.554 bits per heavy atom. The SMILES string of the molecule is C/C=C\C=C=C(C)c1ccc(N(c2ccc(CC(C)(C)C)cc2)c2ccc3c(c2)C2(c4ccccc4-c4ccccc42)c2cc(N(c4ccc(C(C)(C)CC)cc4)c4ccc(-c5ccccc5)c(F)c4)c4oc5ccccc5c4c2-3)cc1F. The monoisotopic (exact) mass is 1080 g/mol. The Balaban J connectivity index is 1.11. The van der Waals surface area contributed by atoms with E-state index in [4.69, 9.17) is 4.42 Å². The van der Waals surface area contributed by atoms with Crippen molar-refractivity contribution in [2.75, 3.05) is 9.80 Å². The number of nitrogens with zero attached hydrogens (tertiary/aromatic N) is 2. The molecule has 408 valence electrons. The van der Waals surface area contributed by atoms with Gasteiger partial charge < -0.3 is 14.2 Å². The highest BCUT2D eigenvalue weighted by atomic mass is 19.1. The first-order valence-electron chi connectivity index (χ1n) is 29.0. The van der Waals surface area contributed by atoms with E-state index in [0.29, 0.717) is 33.7 Å². The van der Waals surface area contributed by atoms with Crippen LogP contribution in [-0.2, 0) is 17.3 Å². The van der Waals surface area contributed by atoms with Gasteiger partial charge in [-0.05, 0) is 190 Å². The van der Waals surface area contributed by atoms with Gasteiger partial charge in [-0.15, -0.1) is 5.73 Å². The molecule has 5 heteroatoms. The van der Waals surface area contributed by atoms with Crippen LogP contribution < -0.4 is 9.80 Å². The van der Waals surface area contributed by atoms with Crippen LogP contribution in [0.4, 0.5) is 42.9 Å². The zero-order valence-corrected chi connectivity index (χ0v) is 48.4. The molecular weight excluding hydrogens is 1020 g/mol. The molecule has 83 heavy (non-hydrogen) atoms. The molecule has 0 atom stereocenters. The summed E-state index contributed by atoms with van der Waals surface area (Å²) in [6.07, 6.45) is 7.53. The van der Waals surface area contributed by atoms with Crippen molar-refractivity contribution in [3.05, 3.63) is 287 Å². The van der Waals surface area contributed by atoms with Gasteiger partial charge in [0.05, 0.1) is 11.1 Å². The van der Waals surface area contributed by atoms with Gasteiger partial charge in [0.2, 0.25) is 0 Å². The number of halogens is 2. The average Bonchev–Trinajstić information content (AvgIpc) is 1.64. The summed E-state index contributed by atoms with van der Waals surface area (Å²) in [5, 5.41) is 1.96. The largest absolute Gasteiger partial charge is 0.454 e. The molecule has 10 aromatic carbocycles. The number of hydrogen-bond acceptors (Lipinski definition) is 3. The number of benzene rings is 10. The van der Waals surface area contributed by atoms with E-state index in [1.54, 1.807) is 12.1 Å². The predicted octanol–water partition coefficient (Wildman–Crippen LogP) is 22.2. The molecule has 3 nitrogen and oxygen atoms in total.